The molecule has 1 saturated heterocycles. The highest BCUT2D eigenvalue weighted by molar-refractivity contribution is 6.00. The fourth-order valence-corrected chi connectivity index (χ4v) is 2.93. The Kier molecular flexibility index (Phi) is 3.26. The van der Waals surface area contributed by atoms with E-state index in [0.29, 0.717) is 5.69 Å². The van der Waals surface area contributed by atoms with E-state index in [0.717, 1.165) is 30.4 Å². The number of hydrogen-bond donors (Lipinski definition) is 3. The van der Waals surface area contributed by atoms with E-state index in [-0.39, 0.29) is 11.9 Å². The Hall–Kier alpha value is -1.81. The summed E-state index contributed by atoms with van der Waals surface area (Å²) in [6.07, 6.45) is 1.00. The average molecular weight is 271 g/mol. The zero-order valence-electron chi connectivity index (χ0n) is 12.3. The van der Waals surface area contributed by atoms with Crippen molar-refractivity contribution in [1.82, 2.24) is 15.6 Å². The molecule has 0 bridgehead atoms. The van der Waals surface area contributed by atoms with Crippen LogP contribution in [0.3, 0.4) is 0 Å². The van der Waals surface area contributed by atoms with Gasteiger partial charge in [0.15, 0.2) is 0 Å². The molecule has 1 atom stereocenters. The summed E-state index contributed by atoms with van der Waals surface area (Å²) in [6.45, 7) is 8.13. The summed E-state index contributed by atoms with van der Waals surface area (Å²) in [5.41, 5.74) is 5.41. The molecule has 4 heteroatoms. The van der Waals surface area contributed by atoms with Gasteiger partial charge in [-0.1, -0.05) is 6.07 Å². The highest BCUT2D eigenvalue weighted by Crippen LogP contribution is 2.25. The van der Waals surface area contributed by atoms with E-state index in [1.807, 2.05) is 6.07 Å². The standard InChI is InChI=1S/C16H21N3O/c1-9-6-10(2)13-7-14(19-15(13)11(9)3)16(20)18-12-4-5-17-8-12/h6-7,12,17,19H,4-5,8H2,1-3H3,(H,18,20). The van der Waals surface area contributed by atoms with Crippen molar-refractivity contribution in [2.45, 2.75) is 33.2 Å². The molecule has 0 radical (unpaired) electrons. The second-order valence-corrected chi connectivity index (χ2v) is 5.77. The quantitative estimate of drug-likeness (QED) is 0.784. The number of H-pyrrole nitrogens is 1. The molecular formula is C16H21N3O. The summed E-state index contributed by atoms with van der Waals surface area (Å²) in [5.74, 6) is -0.00801. The molecular weight excluding hydrogens is 250 g/mol. The Labute approximate surface area is 118 Å². The number of carbonyl (C=O) groups is 1. The van der Waals surface area contributed by atoms with Gasteiger partial charge in [-0.3, -0.25) is 4.79 Å². The van der Waals surface area contributed by atoms with E-state index in [4.69, 9.17) is 0 Å². The van der Waals surface area contributed by atoms with Crippen LogP contribution in [0, 0.1) is 20.8 Å². The number of fused-ring (bicyclic) bond motifs is 1. The molecule has 3 rings (SSSR count). The van der Waals surface area contributed by atoms with Gasteiger partial charge in [0.05, 0.1) is 0 Å². The van der Waals surface area contributed by atoms with Gasteiger partial charge >= 0.3 is 0 Å². The monoisotopic (exact) mass is 271 g/mol. The van der Waals surface area contributed by atoms with Gasteiger partial charge in [0, 0.05) is 23.5 Å². The molecule has 2 heterocycles. The Balaban J connectivity index is 1.94. The smallest absolute Gasteiger partial charge is 0.267 e. The molecule has 1 aromatic carbocycles. The van der Waals surface area contributed by atoms with Crippen molar-refractivity contribution in [1.29, 1.82) is 0 Å². The van der Waals surface area contributed by atoms with Gasteiger partial charge in [-0.2, -0.15) is 0 Å². The summed E-state index contributed by atoms with van der Waals surface area (Å²) in [6, 6.07) is 4.39. The van der Waals surface area contributed by atoms with Crippen molar-refractivity contribution in [2.75, 3.05) is 13.1 Å². The van der Waals surface area contributed by atoms with E-state index in [9.17, 15) is 4.79 Å². The maximum absolute atomic E-state index is 12.3. The van der Waals surface area contributed by atoms with Crippen LogP contribution in [0.1, 0.15) is 33.6 Å². The van der Waals surface area contributed by atoms with Crippen LogP contribution in [0.5, 0.6) is 0 Å². The molecule has 1 aliphatic heterocycles. The van der Waals surface area contributed by atoms with E-state index in [2.05, 4.69) is 42.5 Å². The highest BCUT2D eigenvalue weighted by Gasteiger charge is 2.19. The summed E-state index contributed by atoms with van der Waals surface area (Å²) in [4.78, 5) is 15.6. The number of nitrogens with one attached hydrogen (secondary N) is 3. The first-order valence-electron chi connectivity index (χ1n) is 7.17. The lowest BCUT2D eigenvalue weighted by molar-refractivity contribution is 0.0936. The minimum atomic E-state index is -0.00801. The van der Waals surface area contributed by atoms with Gasteiger partial charge < -0.3 is 15.6 Å². The van der Waals surface area contributed by atoms with Crippen molar-refractivity contribution in [3.8, 4) is 0 Å². The number of amides is 1. The summed E-state index contributed by atoms with van der Waals surface area (Å²) in [5, 5.41) is 7.47. The summed E-state index contributed by atoms with van der Waals surface area (Å²) in [7, 11) is 0. The van der Waals surface area contributed by atoms with E-state index in [1.54, 1.807) is 0 Å². The lowest BCUT2D eigenvalue weighted by atomic mass is 10.0. The zero-order valence-corrected chi connectivity index (χ0v) is 12.3. The molecule has 1 amide bonds. The van der Waals surface area contributed by atoms with Crippen LogP contribution >= 0.6 is 0 Å². The lowest BCUT2D eigenvalue weighted by Crippen LogP contribution is -2.36. The fourth-order valence-electron chi connectivity index (χ4n) is 2.93. The lowest BCUT2D eigenvalue weighted by Gasteiger charge is -2.09. The zero-order chi connectivity index (χ0) is 14.3. The Bertz CT molecular complexity index is 666. The van der Waals surface area contributed by atoms with Gasteiger partial charge in [0.1, 0.15) is 5.69 Å². The molecule has 0 aliphatic carbocycles. The van der Waals surface area contributed by atoms with E-state index < -0.39 is 0 Å². The molecule has 1 unspecified atom stereocenters. The van der Waals surface area contributed by atoms with Crippen molar-refractivity contribution >= 4 is 16.8 Å². The molecule has 2 aromatic rings. The van der Waals surface area contributed by atoms with Crippen molar-refractivity contribution in [3.63, 3.8) is 0 Å². The minimum absolute atomic E-state index is 0.00801. The largest absolute Gasteiger partial charge is 0.350 e. The number of carbonyl (C=O) groups excluding carboxylic acids is 1. The van der Waals surface area contributed by atoms with Gasteiger partial charge in [0.25, 0.3) is 5.91 Å². The van der Waals surface area contributed by atoms with E-state index in [1.165, 1.54) is 16.7 Å². The topological polar surface area (TPSA) is 56.9 Å². The normalized spacial score (nSPS) is 18.6. The van der Waals surface area contributed by atoms with Gasteiger partial charge in [-0.15, -0.1) is 0 Å². The average Bonchev–Trinajstić information content (AvgIpc) is 3.04. The van der Waals surface area contributed by atoms with Gasteiger partial charge in [-0.25, -0.2) is 0 Å². The molecule has 0 saturated carbocycles. The van der Waals surface area contributed by atoms with E-state index >= 15 is 0 Å². The minimum Gasteiger partial charge on any atom is -0.350 e. The predicted molar refractivity (Wildman–Crippen MR) is 81.3 cm³/mol. The summed E-state index contributed by atoms with van der Waals surface area (Å²) < 4.78 is 0. The first-order valence-corrected chi connectivity index (χ1v) is 7.17. The molecule has 20 heavy (non-hydrogen) atoms. The molecule has 106 valence electrons. The maximum Gasteiger partial charge on any atom is 0.267 e. The van der Waals surface area contributed by atoms with Crippen LogP contribution in [0.4, 0.5) is 0 Å². The number of aromatic amines is 1. The Morgan fingerprint density at radius 3 is 2.75 bits per heavy atom. The third-order valence-corrected chi connectivity index (χ3v) is 4.28. The highest BCUT2D eigenvalue weighted by atomic mass is 16.1. The fraction of sp³-hybridized carbons (Fsp3) is 0.438. The van der Waals surface area contributed by atoms with Crippen molar-refractivity contribution in [3.05, 3.63) is 34.5 Å². The third-order valence-electron chi connectivity index (χ3n) is 4.28. The number of hydrogen-bond acceptors (Lipinski definition) is 2. The van der Waals surface area contributed by atoms with Crippen LogP contribution in [0.25, 0.3) is 10.9 Å². The van der Waals surface area contributed by atoms with Crippen LogP contribution in [-0.4, -0.2) is 30.0 Å². The van der Waals surface area contributed by atoms with Gasteiger partial charge in [-0.05, 0) is 56.5 Å². The maximum atomic E-state index is 12.3. The third kappa shape index (κ3) is 2.20. The van der Waals surface area contributed by atoms with Crippen LogP contribution in [0.15, 0.2) is 12.1 Å². The first-order chi connectivity index (χ1) is 9.56. The molecule has 3 N–H and O–H groups in total. The van der Waals surface area contributed by atoms with Crippen LogP contribution in [0.2, 0.25) is 0 Å². The SMILES string of the molecule is Cc1cc(C)c2cc(C(=O)NC3CCNC3)[nH]c2c1C. The number of rotatable bonds is 2. The number of aromatic nitrogens is 1. The van der Waals surface area contributed by atoms with Gasteiger partial charge in [0.2, 0.25) is 0 Å². The molecule has 1 aliphatic rings. The Morgan fingerprint density at radius 2 is 2.05 bits per heavy atom. The number of benzene rings is 1. The van der Waals surface area contributed by atoms with Crippen molar-refractivity contribution in [2.24, 2.45) is 0 Å². The molecule has 4 nitrogen and oxygen atoms in total. The molecule has 0 spiro atoms. The molecule has 1 fully saturated rings. The second-order valence-electron chi connectivity index (χ2n) is 5.77. The van der Waals surface area contributed by atoms with Crippen LogP contribution in [-0.2, 0) is 0 Å². The first kappa shape index (κ1) is 13.2. The molecule has 1 aromatic heterocycles. The van der Waals surface area contributed by atoms with Crippen LogP contribution < -0.4 is 10.6 Å². The predicted octanol–water partition coefficient (Wildman–Crippen LogP) is 2.18. The Morgan fingerprint density at radius 1 is 1.25 bits per heavy atom. The van der Waals surface area contributed by atoms with Crippen molar-refractivity contribution < 1.29 is 4.79 Å². The summed E-state index contributed by atoms with van der Waals surface area (Å²) >= 11 is 0. The second kappa shape index (κ2) is 4.94. The number of aryl methyl sites for hydroxylation is 3.